The van der Waals surface area contributed by atoms with E-state index < -0.39 is 0 Å². The number of likely N-dealkylation sites (N-methyl/N-ethyl adjacent to an activating group) is 1. The molecule has 14 heavy (non-hydrogen) atoms. The van der Waals surface area contributed by atoms with Gasteiger partial charge >= 0.3 is 0 Å². The number of nitrogens with zero attached hydrogens (tertiary/aromatic N) is 1. The van der Waals surface area contributed by atoms with Gasteiger partial charge in [-0.25, -0.2) is 0 Å². The number of rotatable bonds is 3. The summed E-state index contributed by atoms with van der Waals surface area (Å²) >= 11 is 5.84. The van der Waals surface area contributed by atoms with Crippen molar-refractivity contribution in [2.45, 2.75) is 12.5 Å². The SMILES string of the molecule is CN(C)C(C)(CN)c1ccc(Cl)cc1. The number of nitrogens with two attached hydrogens (primary N) is 1. The molecule has 0 bridgehead atoms. The van der Waals surface area contributed by atoms with Crippen LogP contribution in [0.3, 0.4) is 0 Å². The van der Waals surface area contributed by atoms with Gasteiger partial charge in [-0.2, -0.15) is 0 Å². The molecule has 1 aromatic rings. The molecule has 0 aliphatic rings. The number of halogens is 1. The molecule has 1 atom stereocenters. The highest BCUT2D eigenvalue weighted by Gasteiger charge is 2.26. The second kappa shape index (κ2) is 4.30. The van der Waals surface area contributed by atoms with Gasteiger partial charge in [-0.05, 0) is 38.7 Å². The minimum atomic E-state index is -0.120. The maximum absolute atomic E-state index is 5.84. The molecule has 0 fully saturated rings. The first-order valence-corrected chi connectivity index (χ1v) is 5.02. The first-order chi connectivity index (χ1) is 6.50. The lowest BCUT2D eigenvalue weighted by atomic mass is 9.91. The Morgan fingerprint density at radius 1 is 1.29 bits per heavy atom. The topological polar surface area (TPSA) is 29.3 Å². The minimum absolute atomic E-state index is 0.120. The summed E-state index contributed by atoms with van der Waals surface area (Å²) in [6.07, 6.45) is 0. The van der Waals surface area contributed by atoms with Gasteiger partial charge in [-0.1, -0.05) is 23.7 Å². The molecule has 2 N–H and O–H groups in total. The highest BCUT2D eigenvalue weighted by atomic mass is 35.5. The Kier molecular flexibility index (Phi) is 3.53. The molecular weight excluding hydrogens is 196 g/mol. The van der Waals surface area contributed by atoms with Gasteiger partial charge in [-0.3, -0.25) is 4.90 Å². The standard InChI is InChI=1S/C11H17ClN2/c1-11(8-13,14(2)3)9-4-6-10(12)7-5-9/h4-7H,8,13H2,1-3H3. The van der Waals surface area contributed by atoms with Crippen molar-refractivity contribution < 1.29 is 0 Å². The first kappa shape index (κ1) is 11.5. The molecule has 0 aliphatic heterocycles. The second-order valence-corrected chi connectivity index (χ2v) is 4.32. The fraction of sp³-hybridized carbons (Fsp3) is 0.455. The third kappa shape index (κ3) is 2.08. The van der Waals surface area contributed by atoms with Crippen LogP contribution in [0.25, 0.3) is 0 Å². The van der Waals surface area contributed by atoms with Gasteiger partial charge in [0.1, 0.15) is 0 Å². The van der Waals surface area contributed by atoms with E-state index in [-0.39, 0.29) is 5.54 Å². The number of benzene rings is 1. The quantitative estimate of drug-likeness (QED) is 0.832. The Labute approximate surface area is 90.7 Å². The van der Waals surface area contributed by atoms with Crippen LogP contribution in [-0.4, -0.2) is 25.5 Å². The van der Waals surface area contributed by atoms with Crippen molar-refractivity contribution in [3.63, 3.8) is 0 Å². The monoisotopic (exact) mass is 212 g/mol. The molecule has 3 heteroatoms. The van der Waals surface area contributed by atoms with Gasteiger partial charge in [0.15, 0.2) is 0 Å². The van der Waals surface area contributed by atoms with Crippen LogP contribution in [0.2, 0.25) is 5.02 Å². The molecule has 0 saturated carbocycles. The van der Waals surface area contributed by atoms with Gasteiger partial charge in [0.05, 0.1) is 5.54 Å². The van der Waals surface area contributed by atoms with Crippen molar-refractivity contribution in [1.29, 1.82) is 0 Å². The van der Waals surface area contributed by atoms with Crippen molar-refractivity contribution in [3.8, 4) is 0 Å². The van der Waals surface area contributed by atoms with Crippen LogP contribution in [0.5, 0.6) is 0 Å². The highest BCUT2D eigenvalue weighted by Crippen LogP contribution is 2.25. The zero-order chi connectivity index (χ0) is 10.8. The lowest BCUT2D eigenvalue weighted by molar-refractivity contribution is 0.183. The van der Waals surface area contributed by atoms with Crippen molar-refractivity contribution in [2.75, 3.05) is 20.6 Å². The number of hydrogen-bond acceptors (Lipinski definition) is 2. The largest absolute Gasteiger partial charge is 0.328 e. The Bertz CT molecular complexity index is 295. The Morgan fingerprint density at radius 2 is 1.79 bits per heavy atom. The predicted octanol–water partition coefficient (Wildman–Crippen LogP) is 2.08. The van der Waals surface area contributed by atoms with Crippen LogP contribution in [0, 0.1) is 0 Å². The van der Waals surface area contributed by atoms with Crippen LogP contribution in [0.15, 0.2) is 24.3 Å². The predicted molar refractivity (Wildman–Crippen MR) is 61.5 cm³/mol. The Hall–Kier alpha value is -0.570. The first-order valence-electron chi connectivity index (χ1n) is 4.64. The molecule has 0 spiro atoms. The summed E-state index contributed by atoms with van der Waals surface area (Å²) in [5.74, 6) is 0. The molecule has 1 aromatic carbocycles. The summed E-state index contributed by atoms with van der Waals surface area (Å²) in [6, 6.07) is 7.84. The van der Waals surface area contributed by atoms with Gasteiger partial charge < -0.3 is 5.73 Å². The van der Waals surface area contributed by atoms with Gasteiger partial charge in [-0.15, -0.1) is 0 Å². The van der Waals surface area contributed by atoms with Crippen LogP contribution in [0.4, 0.5) is 0 Å². The lowest BCUT2D eigenvalue weighted by Gasteiger charge is -2.35. The van der Waals surface area contributed by atoms with E-state index in [1.165, 1.54) is 5.56 Å². The molecule has 78 valence electrons. The van der Waals surface area contributed by atoms with E-state index >= 15 is 0 Å². The van der Waals surface area contributed by atoms with E-state index in [9.17, 15) is 0 Å². The molecular formula is C11H17ClN2. The molecule has 1 rings (SSSR count). The van der Waals surface area contributed by atoms with Gasteiger partial charge in [0, 0.05) is 11.6 Å². The summed E-state index contributed by atoms with van der Waals surface area (Å²) in [6.45, 7) is 2.71. The molecule has 0 aliphatic carbocycles. The van der Waals surface area contributed by atoms with Crippen LogP contribution < -0.4 is 5.73 Å². The summed E-state index contributed by atoms with van der Waals surface area (Å²) in [5, 5.41) is 0.756. The van der Waals surface area contributed by atoms with E-state index in [1.807, 2.05) is 38.4 Å². The fourth-order valence-electron chi connectivity index (χ4n) is 1.37. The van der Waals surface area contributed by atoms with E-state index in [2.05, 4.69) is 11.8 Å². The highest BCUT2D eigenvalue weighted by molar-refractivity contribution is 6.30. The van der Waals surface area contributed by atoms with E-state index in [4.69, 9.17) is 17.3 Å². The molecule has 0 aromatic heterocycles. The smallest absolute Gasteiger partial charge is 0.0550 e. The Balaban J connectivity index is 3.06. The molecule has 1 unspecified atom stereocenters. The van der Waals surface area contributed by atoms with Gasteiger partial charge in [0.2, 0.25) is 0 Å². The van der Waals surface area contributed by atoms with Crippen molar-refractivity contribution in [1.82, 2.24) is 4.90 Å². The third-order valence-corrected chi connectivity index (χ3v) is 3.10. The molecule has 0 amide bonds. The second-order valence-electron chi connectivity index (χ2n) is 3.88. The van der Waals surface area contributed by atoms with Crippen molar-refractivity contribution in [3.05, 3.63) is 34.9 Å². The average Bonchev–Trinajstić information content (AvgIpc) is 2.17. The summed E-state index contributed by atoms with van der Waals surface area (Å²) in [4.78, 5) is 2.12. The summed E-state index contributed by atoms with van der Waals surface area (Å²) < 4.78 is 0. The van der Waals surface area contributed by atoms with Crippen LogP contribution in [-0.2, 0) is 5.54 Å². The molecule has 0 heterocycles. The minimum Gasteiger partial charge on any atom is -0.328 e. The summed E-state index contributed by atoms with van der Waals surface area (Å²) in [7, 11) is 4.06. The van der Waals surface area contributed by atoms with Crippen molar-refractivity contribution in [2.24, 2.45) is 5.73 Å². The fourth-order valence-corrected chi connectivity index (χ4v) is 1.49. The maximum Gasteiger partial charge on any atom is 0.0550 e. The summed E-state index contributed by atoms with van der Waals surface area (Å²) in [5.41, 5.74) is 6.87. The van der Waals surface area contributed by atoms with E-state index in [0.29, 0.717) is 6.54 Å². The lowest BCUT2D eigenvalue weighted by Crippen LogP contribution is -2.44. The van der Waals surface area contributed by atoms with Crippen LogP contribution in [0.1, 0.15) is 12.5 Å². The average molecular weight is 213 g/mol. The Morgan fingerprint density at radius 3 is 2.14 bits per heavy atom. The molecule has 2 nitrogen and oxygen atoms in total. The third-order valence-electron chi connectivity index (χ3n) is 2.85. The normalized spacial score (nSPS) is 15.6. The van der Waals surface area contributed by atoms with Gasteiger partial charge in [0.25, 0.3) is 0 Å². The number of hydrogen-bond donors (Lipinski definition) is 1. The molecule has 0 saturated heterocycles. The van der Waals surface area contributed by atoms with E-state index in [1.54, 1.807) is 0 Å². The zero-order valence-electron chi connectivity index (χ0n) is 8.92. The van der Waals surface area contributed by atoms with Crippen LogP contribution >= 0.6 is 11.6 Å². The van der Waals surface area contributed by atoms with E-state index in [0.717, 1.165) is 5.02 Å². The molecule has 0 radical (unpaired) electrons. The zero-order valence-corrected chi connectivity index (χ0v) is 9.67. The maximum atomic E-state index is 5.84. The van der Waals surface area contributed by atoms with Crippen molar-refractivity contribution >= 4 is 11.6 Å².